The van der Waals surface area contributed by atoms with Gasteiger partial charge < -0.3 is 14.8 Å². The van der Waals surface area contributed by atoms with Gasteiger partial charge in [0, 0.05) is 31.3 Å². The molecule has 3 rings (SSSR count). The molecule has 0 radical (unpaired) electrons. The molecule has 0 unspecified atom stereocenters. The van der Waals surface area contributed by atoms with Crippen molar-refractivity contribution >= 4 is 5.91 Å². The van der Waals surface area contributed by atoms with E-state index in [1.807, 2.05) is 18.2 Å². The molecule has 0 aromatic heterocycles. The average molecular weight is 397 g/mol. The smallest absolute Gasteiger partial charge is 0.224 e. The zero-order valence-corrected chi connectivity index (χ0v) is 17.7. The zero-order valence-electron chi connectivity index (χ0n) is 17.7. The van der Waals surface area contributed by atoms with Crippen molar-refractivity contribution in [3.05, 3.63) is 59.2 Å². The van der Waals surface area contributed by atoms with Crippen LogP contribution < -0.4 is 14.8 Å². The summed E-state index contributed by atoms with van der Waals surface area (Å²) in [6.45, 7) is 6.12. The molecule has 0 aliphatic carbocycles. The number of benzene rings is 2. The third-order valence-corrected chi connectivity index (χ3v) is 5.57. The lowest BCUT2D eigenvalue weighted by Gasteiger charge is -2.31. The molecule has 1 aliphatic heterocycles. The molecule has 1 N–H and O–H groups in total. The Morgan fingerprint density at radius 2 is 1.90 bits per heavy atom. The number of piperidine rings is 1. The van der Waals surface area contributed by atoms with Gasteiger partial charge in [0.05, 0.1) is 20.6 Å². The molecule has 1 heterocycles. The lowest BCUT2D eigenvalue weighted by molar-refractivity contribution is -0.120. The van der Waals surface area contributed by atoms with E-state index in [0.29, 0.717) is 18.0 Å². The van der Waals surface area contributed by atoms with E-state index in [1.54, 1.807) is 20.3 Å². The van der Waals surface area contributed by atoms with Crippen LogP contribution in [0.5, 0.6) is 11.5 Å². The van der Waals surface area contributed by atoms with Gasteiger partial charge in [-0.15, -0.1) is 0 Å². The van der Waals surface area contributed by atoms with E-state index in [-0.39, 0.29) is 12.3 Å². The number of nitrogens with one attached hydrogen (secondary N) is 1. The van der Waals surface area contributed by atoms with Crippen molar-refractivity contribution in [1.82, 2.24) is 10.2 Å². The Labute approximate surface area is 174 Å². The van der Waals surface area contributed by atoms with Crippen LogP contribution >= 0.6 is 0 Å². The topological polar surface area (TPSA) is 50.8 Å². The van der Waals surface area contributed by atoms with Crippen molar-refractivity contribution in [2.45, 2.75) is 39.3 Å². The zero-order chi connectivity index (χ0) is 20.6. The number of ether oxygens (including phenoxy) is 2. The summed E-state index contributed by atoms with van der Waals surface area (Å²) in [5.74, 6) is 2.12. The first-order valence-corrected chi connectivity index (χ1v) is 10.4. The predicted molar refractivity (Wildman–Crippen MR) is 115 cm³/mol. The van der Waals surface area contributed by atoms with E-state index >= 15 is 0 Å². The summed E-state index contributed by atoms with van der Waals surface area (Å²) < 4.78 is 10.6. The third-order valence-electron chi connectivity index (χ3n) is 5.57. The summed E-state index contributed by atoms with van der Waals surface area (Å²) in [5.41, 5.74) is 3.33. The monoisotopic (exact) mass is 396 g/mol. The van der Waals surface area contributed by atoms with E-state index in [0.717, 1.165) is 31.1 Å². The normalized spacial score (nSPS) is 17.0. The molecule has 29 heavy (non-hydrogen) atoms. The minimum Gasteiger partial charge on any atom is -0.497 e. The van der Waals surface area contributed by atoms with Gasteiger partial charge in [-0.25, -0.2) is 0 Å². The van der Waals surface area contributed by atoms with E-state index in [9.17, 15) is 4.79 Å². The van der Waals surface area contributed by atoms with Crippen molar-refractivity contribution in [1.29, 1.82) is 0 Å². The van der Waals surface area contributed by atoms with Crippen molar-refractivity contribution in [3.63, 3.8) is 0 Å². The van der Waals surface area contributed by atoms with Crippen molar-refractivity contribution < 1.29 is 14.3 Å². The third kappa shape index (κ3) is 5.97. The number of carbonyl (C=O) groups excluding carboxylic acids is 1. The molecule has 2 aromatic carbocycles. The summed E-state index contributed by atoms with van der Waals surface area (Å²) in [7, 11) is 3.22. The maximum atomic E-state index is 12.5. The van der Waals surface area contributed by atoms with Crippen LogP contribution in [0.4, 0.5) is 0 Å². The summed E-state index contributed by atoms with van der Waals surface area (Å²) in [6, 6.07) is 13.9. The second-order valence-electron chi connectivity index (χ2n) is 7.88. The first-order chi connectivity index (χ1) is 14.1. The molecule has 2 aromatic rings. The lowest BCUT2D eigenvalue weighted by Crippen LogP contribution is -2.34. The van der Waals surface area contributed by atoms with Gasteiger partial charge in [0.25, 0.3) is 0 Å². The number of amides is 1. The van der Waals surface area contributed by atoms with Gasteiger partial charge in [0.2, 0.25) is 5.91 Å². The average Bonchev–Trinajstić information content (AvgIpc) is 2.73. The van der Waals surface area contributed by atoms with E-state index < -0.39 is 0 Å². The molecule has 156 valence electrons. The molecule has 5 nitrogen and oxygen atoms in total. The first-order valence-electron chi connectivity index (χ1n) is 10.4. The second-order valence-corrected chi connectivity index (χ2v) is 7.88. The number of methoxy groups -OCH3 is 2. The summed E-state index contributed by atoms with van der Waals surface area (Å²) in [5, 5.41) is 3.07. The first kappa shape index (κ1) is 21.2. The fourth-order valence-electron chi connectivity index (χ4n) is 3.98. The standard InChI is InChI=1S/C24H32N2O3/c1-18-7-6-12-26(16-18)17-21-9-5-4-8-20(21)15-25-24(27)13-19-10-11-22(28-2)14-23(19)29-3/h4-5,8-11,14,18H,6-7,12-13,15-17H2,1-3H3,(H,25,27)/t18-/m0/s1. The van der Waals surface area contributed by atoms with Crippen LogP contribution in [-0.4, -0.2) is 38.1 Å². The van der Waals surface area contributed by atoms with Crippen molar-refractivity contribution in [2.75, 3.05) is 27.3 Å². The van der Waals surface area contributed by atoms with Gasteiger partial charge in [0.15, 0.2) is 0 Å². The molecule has 1 fully saturated rings. The highest BCUT2D eigenvalue weighted by Crippen LogP contribution is 2.25. The number of nitrogens with zero attached hydrogens (tertiary/aromatic N) is 1. The molecule has 1 amide bonds. The number of carbonyl (C=O) groups is 1. The number of likely N-dealkylation sites (tertiary alicyclic amines) is 1. The molecular formula is C24H32N2O3. The van der Waals surface area contributed by atoms with Crippen LogP contribution in [0.15, 0.2) is 42.5 Å². The molecule has 1 saturated heterocycles. The minimum absolute atomic E-state index is 0.0186. The molecule has 0 saturated carbocycles. The van der Waals surface area contributed by atoms with Gasteiger partial charge >= 0.3 is 0 Å². The molecule has 5 heteroatoms. The Balaban J connectivity index is 1.59. The lowest BCUT2D eigenvalue weighted by atomic mass is 9.99. The summed E-state index contributed by atoms with van der Waals surface area (Å²) >= 11 is 0. The SMILES string of the molecule is COc1ccc(CC(=O)NCc2ccccc2CN2CCC[C@H](C)C2)c(OC)c1. The van der Waals surface area contributed by atoms with Crippen LogP contribution in [0, 0.1) is 5.92 Å². The molecular weight excluding hydrogens is 364 g/mol. The van der Waals surface area contributed by atoms with Crippen LogP contribution in [0.25, 0.3) is 0 Å². The Morgan fingerprint density at radius 1 is 1.10 bits per heavy atom. The Hall–Kier alpha value is -2.53. The van der Waals surface area contributed by atoms with E-state index in [4.69, 9.17) is 9.47 Å². The Kier molecular flexibility index (Phi) is 7.53. The fraction of sp³-hybridized carbons (Fsp3) is 0.458. The summed E-state index contributed by atoms with van der Waals surface area (Å²) in [6.07, 6.45) is 2.87. The van der Waals surface area contributed by atoms with Gasteiger partial charge in [-0.2, -0.15) is 0 Å². The van der Waals surface area contributed by atoms with E-state index in [1.165, 1.54) is 24.0 Å². The number of hydrogen-bond acceptors (Lipinski definition) is 4. The highest BCUT2D eigenvalue weighted by atomic mass is 16.5. The van der Waals surface area contributed by atoms with Crippen LogP contribution in [-0.2, 0) is 24.3 Å². The Bertz CT molecular complexity index is 822. The van der Waals surface area contributed by atoms with Crippen molar-refractivity contribution in [3.8, 4) is 11.5 Å². The highest BCUT2D eigenvalue weighted by Gasteiger charge is 2.17. The maximum Gasteiger partial charge on any atom is 0.224 e. The molecule has 0 spiro atoms. The van der Waals surface area contributed by atoms with Crippen molar-refractivity contribution in [2.24, 2.45) is 5.92 Å². The fourth-order valence-corrected chi connectivity index (χ4v) is 3.98. The molecule has 1 aliphatic rings. The second kappa shape index (κ2) is 10.3. The summed E-state index contributed by atoms with van der Waals surface area (Å²) in [4.78, 5) is 15.1. The van der Waals surface area contributed by atoms with Crippen LogP contribution in [0.2, 0.25) is 0 Å². The largest absolute Gasteiger partial charge is 0.497 e. The number of hydrogen-bond donors (Lipinski definition) is 1. The van der Waals surface area contributed by atoms with Gasteiger partial charge in [0.1, 0.15) is 11.5 Å². The number of rotatable bonds is 8. The van der Waals surface area contributed by atoms with Gasteiger partial charge in [-0.1, -0.05) is 37.3 Å². The van der Waals surface area contributed by atoms with Crippen LogP contribution in [0.3, 0.4) is 0 Å². The quantitative estimate of drug-likeness (QED) is 0.738. The predicted octanol–water partition coefficient (Wildman–Crippen LogP) is 3.79. The minimum atomic E-state index is -0.0186. The van der Waals surface area contributed by atoms with Crippen LogP contribution in [0.1, 0.15) is 36.5 Å². The van der Waals surface area contributed by atoms with Gasteiger partial charge in [-0.3, -0.25) is 9.69 Å². The molecule has 1 atom stereocenters. The van der Waals surface area contributed by atoms with Gasteiger partial charge in [-0.05, 0) is 42.5 Å². The highest BCUT2D eigenvalue weighted by molar-refractivity contribution is 5.79. The maximum absolute atomic E-state index is 12.5. The molecule has 0 bridgehead atoms. The van der Waals surface area contributed by atoms with E-state index in [2.05, 4.69) is 35.3 Å². The Morgan fingerprint density at radius 3 is 2.62 bits per heavy atom.